The molecule has 3 rings (SSSR count). The lowest BCUT2D eigenvalue weighted by molar-refractivity contribution is -0.128. The molecule has 0 saturated heterocycles. The first-order chi connectivity index (χ1) is 14.1. The summed E-state index contributed by atoms with van der Waals surface area (Å²) in [6.07, 6.45) is 0.0182. The summed E-state index contributed by atoms with van der Waals surface area (Å²) in [5.41, 5.74) is 0. The highest BCUT2D eigenvalue weighted by Crippen LogP contribution is 2.22. The summed E-state index contributed by atoms with van der Waals surface area (Å²) in [4.78, 5) is 12.6. The zero-order chi connectivity index (χ0) is 20.6. The van der Waals surface area contributed by atoms with Gasteiger partial charge in [-0.3, -0.25) is 4.79 Å². The smallest absolute Gasteiger partial charge is 0.261 e. The lowest BCUT2D eigenvalue weighted by atomic mass is 10.1. The molecule has 0 heterocycles. The van der Waals surface area contributed by atoms with E-state index >= 15 is 0 Å². The fourth-order valence-electron chi connectivity index (χ4n) is 3.00. The lowest BCUT2D eigenvalue weighted by Gasteiger charge is -2.21. The predicted octanol–water partition coefficient (Wildman–Crippen LogP) is 4.59. The van der Waals surface area contributed by atoms with Crippen molar-refractivity contribution in [2.75, 3.05) is 13.7 Å². The minimum absolute atomic E-state index is 0.147. The summed E-state index contributed by atoms with van der Waals surface area (Å²) in [5, 5.41) is 5.19. The van der Waals surface area contributed by atoms with E-state index in [9.17, 15) is 4.79 Å². The van der Waals surface area contributed by atoms with Gasteiger partial charge in [0.05, 0.1) is 13.2 Å². The first kappa shape index (κ1) is 20.5. The van der Waals surface area contributed by atoms with Gasteiger partial charge in [-0.2, -0.15) is 0 Å². The van der Waals surface area contributed by atoms with Crippen molar-refractivity contribution in [1.82, 2.24) is 5.32 Å². The van der Waals surface area contributed by atoms with Gasteiger partial charge in [-0.05, 0) is 60.5 Å². The van der Waals surface area contributed by atoms with E-state index in [-0.39, 0.29) is 11.9 Å². The number of ether oxygens (including phenoxy) is 3. The van der Waals surface area contributed by atoms with Gasteiger partial charge < -0.3 is 19.5 Å². The zero-order valence-electron chi connectivity index (χ0n) is 17.1. The molecule has 0 unspecified atom stereocenters. The van der Waals surface area contributed by atoms with Crippen LogP contribution in [0.4, 0.5) is 0 Å². The van der Waals surface area contributed by atoms with E-state index in [2.05, 4.69) is 5.32 Å². The summed E-state index contributed by atoms with van der Waals surface area (Å²) in [5.74, 6) is 2.04. The normalized spacial score (nSPS) is 12.8. The monoisotopic (exact) mass is 393 g/mol. The highest BCUT2D eigenvalue weighted by Gasteiger charge is 2.20. The van der Waals surface area contributed by atoms with Gasteiger partial charge in [-0.1, -0.05) is 37.3 Å². The molecular formula is C24H27NO4. The standard InChI is InChI=1S/C24H27NO4/c1-4-23(29-22-10-9-18-7-5-6-8-19(18)15-22)24(26)25-17(2)16-28-21-13-11-20(27-3)12-14-21/h5-15,17,23H,4,16H2,1-3H3,(H,25,26)/t17-,23-/m0/s1. The van der Waals surface area contributed by atoms with Crippen LogP contribution < -0.4 is 19.5 Å². The number of benzene rings is 3. The van der Waals surface area contributed by atoms with Crippen molar-refractivity contribution in [3.05, 3.63) is 66.7 Å². The van der Waals surface area contributed by atoms with Crippen LogP contribution in [0.3, 0.4) is 0 Å². The van der Waals surface area contributed by atoms with Crippen LogP contribution in [0.2, 0.25) is 0 Å². The Morgan fingerprint density at radius 2 is 1.59 bits per heavy atom. The first-order valence-corrected chi connectivity index (χ1v) is 9.81. The molecule has 5 nitrogen and oxygen atoms in total. The molecule has 0 saturated carbocycles. The molecule has 0 aromatic heterocycles. The van der Waals surface area contributed by atoms with Crippen LogP contribution in [0, 0.1) is 0 Å². The number of rotatable bonds is 9. The molecule has 29 heavy (non-hydrogen) atoms. The third kappa shape index (κ3) is 5.64. The SMILES string of the molecule is CC[C@H](Oc1ccc2ccccc2c1)C(=O)N[C@@H](C)COc1ccc(OC)cc1. The summed E-state index contributed by atoms with van der Waals surface area (Å²) in [7, 11) is 1.62. The molecule has 0 spiro atoms. The summed E-state index contributed by atoms with van der Waals surface area (Å²) >= 11 is 0. The largest absolute Gasteiger partial charge is 0.497 e. The minimum atomic E-state index is -0.556. The van der Waals surface area contributed by atoms with Crippen LogP contribution in [0.15, 0.2) is 66.7 Å². The minimum Gasteiger partial charge on any atom is -0.497 e. The molecule has 5 heteroatoms. The number of hydrogen-bond acceptors (Lipinski definition) is 4. The molecule has 3 aromatic rings. The van der Waals surface area contributed by atoms with Crippen molar-refractivity contribution >= 4 is 16.7 Å². The molecule has 2 atom stereocenters. The Bertz CT molecular complexity index is 939. The van der Waals surface area contributed by atoms with Gasteiger partial charge >= 0.3 is 0 Å². The fourth-order valence-corrected chi connectivity index (χ4v) is 3.00. The molecule has 3 aromatic carbocycles. The molecule has 0 radical (unpaired) electrons. The molecule has 1 amide bonds. The Balaban J connectivity index is 1.53. The Hall–Kier alpha value is -3.21. The number of carbonyl (C=O) groups excluding carboxylic acids is 1. The fraction of sp³-hybridized carbons (Fsp3) is 0.292. The van der Waals surface area contributed by atoms with Crippen molar-refractivity contribution in [3.8, 4) is 17.2 Å². The van der Waals surface area contributed by atoms with Gasteiger partial charge in [0.2, 0.25) is 0 Å². The third-order valence-corrected chi connectivity index (χ3v) is 4.61. The number of nitrogens with one attached hydrogen (secondary N) is 1. The lowest BCUT2D eigenvalue weighted by Crippen LogP contribution is -2.44. The molecule has 0 aliphatic heterocycles. The number of fused-ring (bicyclic) bond motifs is 1. The van der Waals surface area contributed by atoms with E-state index in [1.807, 2.05) is 80.6 Å². The third-order valence-electron chi connectivity index (χ3n) is 4.61. The predicted molar refractivity (Wildman–Crippen MR) is 115 cm³/mol. The van der Waals surface area contributed by atoms with Crippen LogP contribution in [-0.2, 0) is 4.79 Å². The maximum absolute atomic E-state index is 12.6. The van der Waals surface area contributed by atoms with Gasteiger partial charge in [-0.25, -0.2) is 0 Å². The second-order valence-corrected chi connectivity index (χ2v) is 6.92. The van der Waals surface area contributed by atoms with Crippen molar-refractivity contribution in [1.29, 1.82) is 0 Å². The average Bonchev–Trinajstić information content (AvgIpc) is 2.76. The van der Waals surface area contributed by atoms with Gasteiger partial charge in [-0.15, -0.1) is 0 Å². The van der Waals surface area contributed by atoms with Crippen molar-refractivity contribution in [3.63, 3.8) is 0 Å². The summed E-state index contributed by atoms with van der Waals surface area (Å²) in [6.45, 7) is 4.21. The molecule has 152 valence electrons. The Morgan fingerprint density at radius 1 is 0.931 bits per heavy atom. The van der Waals surface area contributed by atoms with E-state index in [4.69, 9.17) is 14.2 Å². The van der Waals surface area contributed by atoms with Gasteiger partial charge in [0.25, 0.3) is 5.91 Å². The summed E-state index contributed by atoms with van der Waals surface area (Å²) in [6, 6.07) is 21.1. The van der Waals surface area contributed by atoms with Crippen LogP contribution >= 0.6 is 0 Å². The Kier molecular flexibility index (Phi) is 6.95. The molecular weight excluding hydrogens is 366 g/mol. The highest BCUT2D eigenvalue weighted by molar-refractivity contribution is 5.84. The number of hydrogen-bond donors (Lipinski definition) is 1. The number of carbonyl (C=O) groups is 1. The Morgan fingerprint density at radius 3 is 2.28 bits per heavy atom. The Labute approximate surface area is 171 Å². The van der Waals surface area contributed by atoms with Gasteiger partial charge in [0.15, 0.2) is 6.10 Å². The van der Waals surface area contributed by atoms with Crippen LogP contribution in [0.5, 0.6) is 17.2 Å². The maximum atomic E-state index is 12.6. The summed E-state index contributed by atoms with van der Waals surface area (Å²) < 4.78 is 16.8. The maximum Gasteiger partial charge on any atom is 0.261 e. The van der Waals surface area contributed by atoms with Gasteiger partial charge in [0.1, 0.15) is 23.9 Å². The van der Waals surface area contributed by atoms with Crippen LogP contribution in [0.25, 0.3) is 10.8 Å². The van der Waals surface area contributed by atoms with Gasteiger partial charge in [0, 0.05) is 0 Å². The van der Waals surface area contributed by atoms with Crippen molar-refractivity contribution in [2.24, 2.45) is 0 Å². The number of amides is 1. The quantitative estimate of drug-likeness (QED) is 0.578. The van der Waals surface area contributed by atoms with Crippen molar-refractivity contribution in [2.45, 2.75) is 32.4 Å². The van der Waals surface area contributed by atoms with Crippen molar-refractivity contribution < 1.29 is 19.0 Å². The first-order valence-electron chi connectivity index (χ1n) is 9.81. The molecule has 0 bridgehead atoms. The van der Waals surface area contributed by atoms with E-state index in [1.54, 1.807) is 7.11 Å². The molecule has 0 aliphatic rings. The van der Waals surface area contributed by atoms with E-state index < -0.39 is 6.10 Å². The van der Waals surface area contributed by atoms with E-state index in [1.165, 1.54) is 0 Å². The van der Waals surface area contributed by atoms with Crippen LogP contribution in [-0.4, -0.2) is 31.8 Å². The van der Waals surface area contributed by atoms with Crippen LogP contribution in [0.1, 0.15) is 20.3 Å². The topological polar surface area (TPSA) is 56.8 Å². The van der Waals surface area contributed by atoms with E-state index in [0.29, 0.717) is 18.8 Å². The number of methoxy groups -OCH3 is 1. The average molecular weight is 393 g/mol. The molecule has 0 fully saturated rings. The second kappa shape index (κ2) is 9.82. The zero-order valence-corrected chi connectivity index (χ0v) is 17.1. The second-order valence-electron chi connectivity index (χ2n) is 6.92. The molecule has 0 aliphatic carbocycles. The molecule has 1 N–H and O–H groups in total. The van der Waals surface area contributed by atoms with E-state index in [0.717, 1.165) is 22.3 Å². The highest BCUT2D eigenvalue weighted by atomic mass is 16.5.